The fraction of sp³-hybridized carbons (Fsp3) is 0.789. The Balaban J connectivity index is -0.000000159. The maximum Gasteiger partial charge on any atom is 3.00 e. The van der Waals surface area contributed by atoms with Gasteiger partial charge in [-0.1, -0.05) is 53.4 Å². The molecule has 0 aliphatic heterocycles. The summed E-state index contributed by atoms with van der Waals surface area (Å²) in [4.78, 5) is 41.2. The van der Waals surface area contributed by atoms with Gasteiger partial charge in [0.05, 0.1) is 0 Å². The molecule has 0 bridgehead atoms. The molecule has 8 heteroatoms. The van der Waals surface area contributed by atoms with Crippen LogP contribution >= 0.6 is 0 Å². The van der Waals surface area contributed by atoms with Crippen molar-refractivity contribution in [1.29, 1.82) is 0 Å². The van der Waals surface area contributed by atoms with E-state index in [9.17, 15) is 34.5 Å². The molecule has 0 aromatic carbocycles. The van der Waals surface area contributed by atoms with Crippen LogP contribution in [0.2, 0.25) is 0 Å². The van der Waals surface area contributed by atoms with Gasteiger partial charge >= 0.3 is 21.7 Å². The summed E-state index contributed by atoms with van der Waals surface area (Å²) >= 11 is 0. The number of Topliss-reactive ketones (excluding diaryl/α,β-unsaturated/α-hetero) is 2. The number of carbonyl (C=O) groups excluding carboxylic acids is 4. The predicted molar refractivity (Wildman–Crippen MR) is 92.7 cm³/mol. The summed E-state index contributed by atoms with van der Waals surface area (Å²) in [7, 11) is 0. The van der Waals surface area contributed by atoms with E-state index in [0.29, 0.717) is 12.8 Å². The second-order valence-corrected chi connectivity index (χ2v) is 6.14. The first-order valence-electron chi connectivity index (χ1n) is 9.15. The largest absolute Gasteiger partial charge is 3.00 e. The minimum absolute atomic E-state index is 0. The molecule has 7 nitrogen and oxygen atoms in total. The van der Waals surface area contributed by atoms with Crippen LogP contribution in [0.3, 0.4) is 0 Å². The first kappa shape index (κ1) is 33.5. The molecular formula is C19H33O7Ti. The first-order chi connectivity index (χ1) is 12.1. The smallest absolute Gasteiger partial charge is 0.852 e. The average Bonchev–Trinajstić information content (AvgIpc) is 2.46. The van der Waals surface area contributed by atoms with Crippen LogP contribution in [0.25, 0.3) is 0 Å². The van der Waals surface area contributed by atoms with E-state index >= 15 is 0 Å². The monoisotopic (exact) mass is 421 g/mol. The Morgan fingerprint density at radius 1 is 0.704 bits per heavy atom. The average molecular weight is 421 g/mol. The van der Waals surface area contributed by atoms with Crippen molar-refractivity contribution in [1.82, 2.24) is 0 Å². The second kappa shape index (κ2) is 25.0. The fourth-order valence-corrected chi connectivity index (χ4v) is 1.64. The fourth-order valence-electron chi connectivity index (χ4n) is 1.64. The number of ketones is 2. The van der Waals surface area contributed by atoms with Gasteiger partial charge in [0.15, 0.2) is 0 Å². The van der Waals surface area contributed by atoms with Crippen molar-refractivity contribution in [3.63, 3.8) is 0 Å². The van der Waals surface area contributed by atoms with Crippen LogP contribution in [0.4, 0.5) is 0 Å². The van der Waals surface area contributed by atoms with Crippen LogP contribution in [0.15, 0.2) is 0 Å². The van der Waals surface area contributed by atoms with Gasteiger partial charge in [-0.2, -0.15) is 0 Å². The summed E-state index contributed by atoms with van der Waals surface area (Å²) in [6, 6.07) is 0. The third-order valence-corrected chi connectivity index (χ3v) is 2.80. The number of carbonyl (C=O) groups is 4. The Kier molecular flexibility index (Phi) is 31.0. The molecule has 0 N–H and O–H groups in total. The van der Waals surface area contributed by atoms with Gasteiger partial charge in [-0.25, -0.2) is 0 Å². The van der Waals surface area contributed by atoms with Crippen molar-refractivity contribution < 1.29 is 56.2 Å². The third-order valence-electron chi connectivity index (χ3n) is 2.80. The Labute approximate surface area is 177 Å². The molecule has 27 heavy (non-hydrogen) atoms. The van der Waals surface area contributed by atoms with Crippen LogP contribution in [-0.4, -0.2) is 29.6 Å². The van der Waals surface area contributed by atoms with Gasteiger partial charge in [-0.15, -0.1) is 6.10 Å². The van der Waals surface area contributed by atoms with E-state index < -0.39 is 30.9 Å². The number of hydrogen-bond donors (Lipinski definition) is 0. The summed E-state index contributed by atoms with van der Waals surface area (Å²) in [6.45, 7) is 7.28. The van der Waals surface area contributed by atoms with Crippen molar-refractivity contribution in [2.45, 2.75) is 98.0 Å². The zero-order valence-electron chi connectivity index (χ0n) is 17.0. The van der Waals surface area contributed by atoms with Gasteiger partial charge in [0.25, 0.3) is 0 Å². The third kappa shape index (κ3) is 45.7. The zero-order valence-corrected chi connectivity index (χ0v) is 18.6. The molecular weight excluding hydrogens is 388 g/mol. The van der Waals surface area contributed by atoms with Crippen LogP contribution in [0.5, 0.6) is 0 Å². The summed E-state index contributed by atoms with van der Waals surface area (Å²) in [5.74, 6) is -2.99. The number of carboxylic acid groups (broad SMARTS) is 2. The summed E-state index contributed by atoms with van der Waals surface area (Å²) in [5, 5.41) is 29.3. The van der Waals surface area contributed by atoms with Gasteiger partial charge in [-0.3, -0.25) is 9.59 Å². The van der Waals surface area contributed by atoms with Crippen molar-refractivity contribution in [2.24, 2.45) is 0 Å². The van der Waals surface area contributed by atoms with Gasteiger partial charge in [-0.05, 0) is 12.8 Å². The maximum atomic E-state index is 10.7. The Morgan fingerprint density at radius 3 is 1.15 bits per heavy atom. The molecule has 155 valence electrons. The molecule has 0 amide bonds. The molecule has 0 aromatic rings. The topological polar surface area (TPSA) is 137 Å². The Bertz CT molecular complexity index is 359. The van der Waals surface area contributed by atoms with E-state index in [-0.39, 0.29) is 33.3 Å². The SMILES string of the molecule is CC(C)[O-].CCCCCC(=O)CC(=O)[O-].CCCCCC(=O)CC(=O)[O-].[Ti+3]. The molecule has 0 aromatic heterocycles. The Hall–Kier alpha value is -1.05. The Morgan fingerprint density at radius 2 is 0.963 bits per heavy atom. The van der Waals surface area contributed by atoms with Crippen LogP contribution in [0, 0.1) is 0 Å². The molecule has 0 aliphatic rings. The number of carboxylic acids is 2. The molecule has 0 saturated carbocycles. The number of aliphatic carboxylic acids is 2. The van der Waals surface area contributed by atoms with Crippen LogP contribution < -0.4 is 15.3 Å². The maximum absolute atomic E-state index is 10.7. The van der Waals surface area contributed by atoms with Crippen molar-refractivity contribution in [2.75, 3.05) is 0 Å². The summed E-state index contributed by atoms with van der Waals surface area (Å²) in [5.41, 5.74) is 0. The molecule has 0 heterocycles. The normalized spacial score (nSPS) is 9.11. The molecule has 0 saturated heterocycles. The molecule has 0 aliphatic carbocycles. The molecule has 1 radical (unpaired) electrons. The first-order valence-corrected chi connectivity index (χ1v) is 9.15. The van der Waals surface area contributed by atoms with E-state index in [0.717, 1.165) is 38.5 Å². The van der Waals surface area contributed by atoms with E-state index in [2.05, 4.69) is 0 Å². The molecule has 0 rings (SSSR count). The van der Waals surface area contributed by atoms with Crippen molar-refractivity contribution in [3.05, 3.63) is 0 Å². The van der Waals surface area contributed by atoms with Crippen molar-refractivity contribution >= 4 is 23.5 Å². The van der Waals surface area contributed by atoms with E-state index in [4.69, 9.17) is 0 Å². The summed E-state index contributed by atoms with van der Waals surface area (Å²) in [6.07, 6.45) is 5.12. The second-order valence-electron chi connectivity index (χ2n) is 6.14. The predicted octanol–water partition coefficient (Wildman–Crippen LogP) is 0.304. The van der Waals surface area contributed by atoms with Gasteiger partial charge in [0.1, 0.15) is 11.6 Å². The van der Waals surface area contributed by atoms with Gasteiger partial charge < -0.3 is 24.9 Å². The van der Waals surface area contributed by atoms with E-state index in [1.54, 1.807) is 13.8 Å². The number of hydrogen-bond acceptors (Lipinski definition) is 7. The van der Waals surface area contributed by atoms with Crippen LogP contribution in [0.1, 0.15) is 91.9 Å². The van der Waals surface area contributed by atoms with E-state index in [1.165, 1.54) is 0 Å². The van der Waals surface area contributed by atoms with Crippen molar-refractivity contribution in [3.8, 4) is 0 Å². The quantitative estimate of drug-likeness (QED) is 0.251. The molecule has 0 atom stereocenters. The number of rotatable bonds is 12. The van der Waals surface area contributed by atoms with Gasteiger partial charge in [0.2, 0.25) is 0 Å². The minimum atomic E-state index is -1.27. The standard InChI is InChI=1S/2C8H14O3.C3H7O.Ti/c2*1-2-3-4-5-7(9)6-8(10)11;1-3(2)4;/h2*2-6H2,1H3,(H,10,11);3H,1-2H3;/q;;-1;+3/p-2. The van der Waals surface area contributed by atoms with Crippen LogP contribution in [-0.2, 0) is 40.9 Å². The zero-order chi connectivity index (χ0) is 21.0. The molecule has 0 unspecified atom stereocenters. The van der Waals surface area contributed by atoms with E-state index in [1.807, 2.05) is 13.8 Å². The van der Waals surface area contributed by atoms with Gasteiger partial charge in [0, 0.05) is 37.6 Å². The number of unbranched alkanes of at least 4 members (excludes halogenated alkanes) is 4. The molecule has 0 fully saturated rings. The molecule has 0 spiro atoms. The minimum Gasteiger partial charge on any atom is -0.852 e. The summed E-state index contributed by atoms with van der Waals surface area (Å²) < 4.78 is 0.